The van der Waals surface area contributed by atoms with Crippen LogP contribution in [0.15, 0.2) is 24.3 Å². The van der Waals surface area contributed by atoms with Gasteiger partial charge in [-0.1, -0.05) is 30.7 Å². The van der Waals surface area contributed by atoms with E-state index in [4.69, 9.17) is 0 Å². The lowest BCUT2D eigenvalue weighted by molar-refractivity contribution is 0.345. The molecule has 2 rings (SSSR count). The van der Waals surface area contributed by atoms with Gasteiger partial charge in [-0.2, -0.15) is 11.8 Å². The van der Waals surface area contributed by atoms with Crippen LogP contribution in [0, 0.1) is 6.92 Å². The minimum atomic E-state index is 0.544. The van der Waals surface area contributed by atoms with Gasteiger partial charge >= 0.3 is 0 Å². The van der Waals surface area contributed by atoms with E-state index >= 15 is 0 Å². The Hall–Kier alpha value is -0.470. The molecule has 88 valence electrons. The van der Waals surface area contributed by atoms with Crippen LogP contribution in [0.1, 0.15) is 30.4 Å². The van der Waals surface area contributed by atoms with E-state index in [0.29, 0.717) is 4.75 Å². The minimum absolute atomic E-state index is 0.544. The van der Waals surface area contributed by atoms with Gasteiger partial charge < -0.3 is 5.32 Å². The Morgan fingerprint density at radius 3 is 2.62 bits per heavy atom. The van der Waals surface area contributed by atoms with Gasteiger partial charge in [-0.15, -0.1) is 0 Å². The van der Waals surface area contributed by atoms with Crippen LogP contribution in [0.4, 0.5) is 0 Å². The molecule has 1 nitrogen and oxygen atoms in total. The van der Waals surface area contributed by atoms with Crippen LogP contribution in [-0.4, -0.2) is 17.5 Å². The third-order valence-corrected chi connectivity index (χ3v) is 5.14. The lowest BCUT2D eigenvalue weighted by atomic mass is 9.84. The molecule has 0 unspecified atom stereocenters. The molecule has 16 heavy (non-hydrogen) atoms. The Balaban J connectivity index is 1.82. The van der Waals surface area contributed by atoms with Crippen molar-refractivity contribution in [2.75, 3.05) is 12.8 Å². The average molecular weight is 235 g/mol. The number of hydrogen-bond donors (Lipinski definition) is 1. The van der Waals surface area contributed by atoms with Gasteiger partial charge in [0.15, 0.2) is 0 Å². The van der Waals surface area contributed by atoms with Gasteiger partial charge in [0.1, 0.15) is 0 Å². The molecule has 0 aromatic heterocycles. The molecule has 1 aromatic carbocycles. The predicted molar refractivity (Wildman–Crippen MR) is 73.0 cm³/mol. The summed E-state index contributed by atoms with van der Waals surface area (Å²) in [6.07, 6.45) is 6.42. The molecule has 0 amide bonds. The highest BCUT2D eigenvalue weighted by Crippen LogP contribution is 2.42. The molecular weight excluding hydrogens is 214 g/mol. The molecule has 1 saturated carbocycles. The summed E-state index contributed by atoms with van der Waals surface area (Å²) in [5, 5.41) is 3.62. The summed E-state index contributed by atoms with van der Waals surface area (Å²) < 4.78 is 0.544. The van der Waals surface area contributed by atoms with E-state index in [1.165, 1.54) is 30.4 Å². The van der Waals surface area contributed by atoms with E-state index in [2.05, 4.69) is 42.8 Å². The SMILES string of the molecule is CSC1(CNCc2ccccc2C)CCC1. The number of hydrogen-bond acceptors (Lipinski definition) is 2. The molecule has 0 bridgehead atoms. The number of thioether (sulfide) groups is 1. The highest BCUT2D eigenvalue weighted by molar-refractivity contribution is 8.00. The second-order valence-corrected chi connectivity index (χ2v) is 6.05. The molecule has 0 heterocycles. The Kier molecular flexibility index (Phi) is 3.93. The predicted octanol–water partition coefficient (Wildman–Crippen LogP) is 3.37. The maximum Gasteiger partial charge on any atom is 0.0281 e. The molecule has 1 fully saturated rings. The first-order valence-electron chi connectivity index (χ1n) is 6.06. The average Bonchev–Trinajstić information content (AvgIpc) is 2.25. The molecule has 2 heteroatoms. The van der Waals surface area contributed by atoms with Crippen molar-refractivity contribution in [1.82, 2.24) is 5.32 Å². The van der Waals surface area contributed by atoms with Crippen molar-refractivity contribution in [3.05, 3.63) is 35.4 Å². The Bertz CT molecular complexity index is 339. The van der Waals surface area contributed by atoms with Gasteiger partial charge in [-0.3, -0.25) is 0 Å². The zero-order valence-corrected chi connectivity index (χ0v) is 11.1. The van der Waals surface area contributed by atoms with Gasteiger partial charge in [0.25, 0.3) is 0 Å². The normalized spacial score (nSPS) is 18.1. The molecular formula is C14H21NS. The first kappa shape index (κ1) is 12.0. The van der Waals surface area contributed by atoms with Gasteiger partial charge in [0.05, 0.1) is 0 Å². The zero-order valence-electron chi connectivity index (χ0n) is 10.3. The first-order valence-corrected chi connectivity index (χ1v) is 7.29. The summed E-state index contributed by atoms with van der Waals surface area (Å²) in [4.78, 5) is 0. The lowest BCUT2D eigenvalue weighted by Crippen LogP contribution is -2.43. The number of benzene rings is 1. The van der Waals surface area contributed by atoms with Gasteiger partial charge in [-0.05, 0) is 37.1 Å². The summed E-state index contributed by atoms with van der Waals surface area (Å²) in [5.41, 5.74) is 2.82. The molecule has 0 aliphatic heterocycles. The molecule has 1 aliphatic carbocycles. The third-order valence-electron chi connectivity index (χ3n) is 3.72. The largest absolute Gasteiger partial charge is 0.311 e. The van der Waals surface area contributed by atoms with Crippen molar-refractivity contribution < 1.29 is 0 Å². The highest BCUT2D eigenvalue weighted by atomic mass is 32.2. The van der Waals surface area contributed by atoms with Crippen LogP contribution < -0.4 is 5.32 Å². The quantitative estimate of drug-likeness (QED) is 0.840. The fourth-order valence-electron chi connectivity index (χ4n) is 2.26. The van der Waals surface area contributed by atoms with Crippen LogP contribution in [0.3, 0.4) is 0 Å². The fourth-order valence-corrected chi connectivity index (χ4v) is 3.20. The maximum atomic E-state index is 3.62. The van der Waals surface area contributed by atoms with E-state index in [9.17, 15) is 0 Å². The van der Waals surface area contributed by atoms with E-state index in [1.807, 2.05) is 11.8 Å². The lowest BCUT2D eigenvalue weighted by Gasteiger charge is -2.40. The van der Waals surface area contributed by atoms with Crippen molar-refractivity contribution in [2.45, 2.75) is 37.5 Å². The van der Waals surface area contributed by atoms with Crippen molar-refractivity contribution in [2.24, 2.45) is 0 Å². The topological polar surface area (TPSA) is 12.0 Å². The monoisotopic (exact) mass is 235 g/mol. The number of aryl methyl sites for hydroxylation is 1. The highest BCUT2D eigenvalue weighted by Gasteiger charge is 2.35. The van der Waals surface area contributed by atoms with Gasteiger partial charge in [0, 0.05) is 17.8 Å². The van der Waals surface area contributed by atoms with Crippen molar-refractivity contribution in [3.63, 3.8) is 0 Å². The Labute approximate surface area is 103 Å². The summed E-state index contributed by atoms with van der Waals surface area (Å²) >= 11 is 2.04. The van der Waals surface area contributed by atoms with E-state index < -0.39 is 0 Å². The van der Waals surface area contributed by atoms with Crippen LogP contribution in [0.5, 0.6) is 0 Å². The number of rotatable bonds is 5. The third kappa shape index (κ3) is 2.61. The smallest absolute Gasteiger partial charge is 0.0281 e. The molecule has 0 spiro atoms. The van der Waals surface area contributed by atoms with Crippen LogP contribution >= 0.6 is 11.8 Å². The maximum absolute atomic E-state index is 3.62. The van der Waals surface area contributed by atoms with Gasteiger partial charge in [-0.25, -0.2) is 0 Å². The van der Waals surface area contributed by atoms with Crippen molar-refractivity contribution in [1.29, 1.82) is 0 Å². The minimum Gasteiger partial charge on any atom is -0.311 e. The summed E-state index contributed by atoms with van der Waals surface area (Å²) in [7, 11) is 0. The molecule has 0 atom stereocenters. The molecule has 1 N–H and O–H groups in total. The molecule has 1 aromatic rings. The van der Waals surface area contributed by atoms with E-state index in [1.54, 1.807) is 0 Å². The summed E-state index contributed by atoms with van der Waals surface area (Å²) in [6.45, 7) is 4.35. The van der Waals surface area contributed by atoms with E-state index in [0.717, 1.165) is 13.1 Å². The van der Waals surface area contributed by atoms with Crippen molar-refractivity contribution in [3.8, 4) is 0 Å². The molecule has 0 saturated heterocycles. The van der Waals surface area contributed by atoms with Crippen molar-refractivity contribution >= 4 is 11.8 Å². The Morgan fingerprint density at radius 2 is 2.06 bits per heavy atom. The zero-order chi connectivity index (χ0) is 11.4. The van der Waals surface area contributed by atoms with E-state index in [-0.39, 0.29) is 0 Å². The van der Waals surface area contributed by atoms with Crippen LogP contribution in [0.25, 0.3) is 0 Å². The van der Waals surface area contributed by atoms with Gasteiger partial charge in [0.2, 0.25) is 0 Å². The summed E-state index contributed by atoms with van der Waals surface area (Å²) in [5.74, 6) is 0. The Morgan fingerprint density at radius 1 is 1.31 bits per heavy atom. The second-order valence-electron chi connectivity index (χ2n) is 4.77. The molecule has 1 aliphatic rings. The second kappa shape index (κ2) is 5.24. The summed E-state index contributed by atoms with van der Waals surface area (Å²) in [6, 6.07) is 8.63. The number of nitrogens with one attached hydrogen (secondary N) is 1. The standard InChI is InChI=1S/C14H21NS/c1-12-6-3-4-7-13(12)10-15-11-14(16-2)8-5-9-14/h3-4,6-7,15H,5,8-11H2,1-2H3. The fraction of sp³-hybridized carbons (Fsp3) is 0.571. The van der Waals surface area contributed by atoms with Crippen LogP contribution in [-0.2, 0) is 6.54 Å². The van der Waals surface area contributed by atoms with Crippen LogP contribution in [0.2, 0.25) is 0 Å². The first-order chi connectivity index (χ1) is 7.76. The molecule has 0 radical (unpaired) electrons.